The van der Waals surface area contributed by atoms with E-state index in [0.29, 0.717) is 16.1 Å². The third-order valence-electron chi connectivity index (χ3n) is 4.12. The first-order valence-electron chi connectivity index (χ1n) is 6.29. The summed E-state index contributed by atoms with van der Waals surface area (Å²) >= 11 is 5.79. The van der Waals surface area contributed by atoms with E-state index in [2.05, 4.69) is 5.32 Å². The van der Waals surface area contributed by atoms with E-state index < -0.39 is 0 Å². The Bertz CT molecular complexity index is 496. The Hall–Kier alpha value is -1.29. The number of benzene rings is 1. The van der Waals surface area contributed by atoms with Crippen LogP contribution in [0.25, 0.3) is 0 Å². The summed E-state index contributed by atoms with van der Waals surface area (Å²) in [4.78, 5) is 10.6. The lowest BCUT2D eigenvalue weighted by Gasteiger charge is -2.16. The Kier molecular flexibility index (Phi) is 2.70. The van der Waals surface area contributed by atoms with Gasteiger partial charge in [-0.2, -0.15) is 0 Å². The fraction of sp³-hybridized carbons (Fsp3) is 0.538. The Morgan fingerprint density at radius 1 is 1.44 bits per heavy atom. The molecule has 1 aromatic rings. The lowest BCUT2D eigenvalue weighted by Crippen LogP contribution is -2.17. The Morgan fingerprint density at radius 2 is 2.17 bits per heavy atom. The minimum atomic E-state index is -0.384. The first kappa shape index (κ1) is 11.8. The number of anilines is 1. The van der Waals surface area contributed by atoms with Crippen LogP contribution in [0.3, 0.4) is 0 Å². The largest absolute Gasteiger partial charge is 0.379 e. The first-order valence-corrected chi connectivity index (χ1v) is 6.66. The van der Waals surface area contributed by atoms with Gasteiger partial charge in [0.25, 0.3) is 5.69 Å². The average molecular weight is 267 g/mol. The number of rotatable bonds is 5. The van der Waals surface area contributed by atoms with Crippen LogP contribution in [0, 0.1) is 21.4 Å². The van der Waals surface area contributed by atoms with Crippen molar-refractivity contribution in [3.05, 3.63) is 33.3 Å². The quantitative estimate of drug-likeness (QED) is 0.650. The molecule has 2 fully saturated rings. The smallest absolute Gasteiger partial charge is 0.293 e. The highest BCUT2D eigenvalue weighted by molar-refractivity contribution is 6.30. The molecule has 0 aliphatic heterocycles. The van der Waals surface area contributed by atoms with Crippen molar-refractivity contribution in [1.82, 2.24) is 0 Å². The van der Waals surface area contributed by atoms with Crippen LogP contribution < -0.4 is 5.32 Å². The van der Waals surface area contributed by atoms with Crippen LogP contribution in [-0.2, 0) is 0 Å². The van der Waals surface area contributed by atoms with Crippen LogP contribution >= 0.6 is 11.6 Å². The Labute approximate surface area is 110 Å². The number of nitro groups is 1. The molecule has 0 aromatic heterocycles. The molecule has 2 aliphatic carbocycles. The fourth-order valence-electron chi connectivity index (χ4n) is 2.66. The molecule has 1 N–H and O–H groups in total. The second-order valence-corrected chi connectivity index (χ2v) is 5.85. The molecule has 0 atom stereocenters. The van der Waals surface area contributed by atoms with Gasteiger partial charge in [0.05, 0.1) is 4.92 Å². The maximum atomic E-state index is 11.0. The van der Waals surface area contributed by atoms with Gasteiger partial charge in [0.15, 0.2) is 0 Å². The fourth-order valence-corrected chi connectivity index (χ4v) is 2.83. The van der Waals surface area contributed by atoms with Crippen molar-refractivity contribution in [2.45, 2.75) is 25.7 Å². The zero-order valence-electron chi connectivity index (χ0n) is 9.99. The zero-order valence-corrected chi connectivity index (χ0v) is 10.7. The number of nitro benzene ring substituents is 1. The van der Waals surface area contributed by atoms with Crippen LogP contribution in [0.15, 0.2) is 18.2 Å². The highest BCUT2D eigenvalue weighted by atomic mass is 35.5. The SMILES string of the molecule is O=[N+]([O-])c1cc(Cl)ccc1NCC1(C2CC2)CC1. The van der Waals surface area contributed by atoms with Gasteiger partial charge in [-0.1, -0.05) is 11.6 Å². The summed E-state index contributed by atoms with van der Waals surface area (Å²) in [6.07, 6.45) is 5.16. The van der Waals surface area contributed by atoms with Crippen LogP contribution in [0.4, 0.5) is 11.4 Å². The number of hydrogen-bond donors (Lipinski definition) is 1. The molecule has 4 nitrogen and oxygen atoms in total. The molecule has 0 radical (unpaired) electrons. The van der Waals surface area contributed by atoms with Crippen LogP contribution in [-0.4, -0.2) is 11.5 Å². The van der Waals surface area contributed by atoms with E-state index in [1.165, 1.54) is 31.7 Å². The number of nitrogens with one attached hydrogen (secondary N) is 1. The first-order chi connectivity index (χ1) is 8.61. The second-order valence-electron chi connectivity index (χ2n) is 5.41. The second kappa shape index (κ2) is 4.12. The monoisotopic (exact) mass is 266 g/mol. The summed E-state index contributed by atoms with van der Waals surface area (Å²) in [6, 6.07) is 4.79. The third kappa shape index (κ3) is 2.17. The molecule has 5 heteroatoms. The van der Waals surface area contributed by atoms with Gasteiger partial charge in [0.2, 0.25) is 0 Å². The van der Waals surface area contributed by atoms with Crippen molar-refractivity contribution < 1.29 is 4.92 Å². The predicted molar refractivity (Wildman–Crippen MR) is 71.0 cm³/mol. The van der Waals surface area contributed by atoms with Gasteiger partial charge >= 0.3 is 0 Å². The summed E-state index contributed by atoms with van der Waals surface area (Å²) in [7, 11) is 0. The normalized spacial score (nSPS) is 20.5. The van der Waals surface area contributed by atoms with Crippen molar-refractivity contribution in [1.29, 1.82) is 0 Å². The van der Waals surface area contributed by atoms with E-state index in [0.717, 1.165) is 12.5 Å². The molecule has 2 aliphatic rings. The molecule has 0 heterocycles. The highest BCUT2D eigenvalue weighted by Crippen LogP contribution is 2.61. The van der Waals surface area contributed by atoms with Crippen molar-refractivity contribution in [2.24, 2.45) is 11.3 Å². The van der Waals surface area contributed by atoms with E-state index >= 15 is 0 Å². The van der Waals surface area contributed by atoms with Gasteiger partial charge in [-0.15, -0.1) is 0 Å². The van der Waals surface area contributed by atoms with Crippen LogP contribution in [0.5, 0.6) is 0 Å². The van der Waals surface area contributed by atoms with Crippen molar-refractivity contribution in [3.63, 3.8) is 0 Å². The molecular formula is C13H15ClN2O2. The number of nitrogens with zero attached hydrogens (tertiary/aromatic N) is 1. The lowest BCUT2D eigenvalue weighted by atomic mass is 10.0. The zero-order chi connectivity index (χ0) is 12.8. The minimum absolute atomic E-state index is 0.0640. The lowest BCUT2D eigenvalue weighted by molar-refractivity contribution is -0.383. The molecule has 0 amide bonds. The van der Waals surface area contributed by atoms with E-state index in [1.54, 1.807) is 12.1 Å². The summed E-state index contributed by atoms with van der Waals surface area (Å²) in [6.45, 7) is 0.847. The molecule has 2 saturated carbocycles. The van der Waals surface area contributed by atoms with Gasteiger partial charge in [0.1, 0.15) is 5.69 Å². The predicted octanol–water partition coefficient (Wildman–Crippen LogP) is 3.85. The van der Waals surface area contributed by atoms with E-state index in [1.807, 2.05) is 0 Å². The Balaban J connectivity index is 1.74. The Morgan fingerprint density at radius 3 is 2.72 bits per heavy atom. The molecule has 0 saturated heterocycles. The summed E-state index contributed by atoms with van der Waals surface area (Å²) in [5.74, 6) is 0.844. The number of halogens is 1. The molecular weight excluding hydrogens is 252 g/mol. The van der Waals surface area contributed by atoms with Gasteiger partial charge in [-0.05, 0) is 49.1 Å². The molecule has 1 aromatic carbocycles. The van der Waals surface area contributed by atoms with E-state index in [4.69, 9.17) is 11.6 Å². The molecule has 0 bridgehead atoms. The van der Waals surface area contributed by atoms with Crippen molar-refractivity contribution in [3.8, 4) is 0 Å². The summed E-state index contributed by atoms with van der Waals surface area (Å²) < 4.78 is 0. The van der Waals surface area contributed by atoms with Crippen molar-refractivity contribution in [2.75, 3.05) is 11.9 Å². The maximum absolute atomic E-state index is 11.0. The van der Waals surface area contributed by atoms with Gasteiger partial charge in [0, 0.05) is 17.6 Å². The van der Waals surface area contributed by atoms with Gasteiger partial charge in [-0.25, -0.2) is 0 Å². The molecule has 96 valence electrons. The highest BCUT2D eigenvalue weighted by Gasteiger charge is 2.53. The molecule has 18 heavy (non-hydrogen) atoms. The maximum Gasteiger partial charge on any atom is 0.293 e. The minimum Gasteiger partial charge on any atom is -0.379 e. The van der Waals surface area contributed by atoms with E-state index in [9.17, 15) is 10.1 Å². The van der Waals surface area contributed by atoms with E-state index in [-0.39, 0.29) is 10.6 Å². The topological polar surface area (TPSA) is 55.2 Å². The van der Waals surface area contributed by atoms with Gasteiger partial charge in [-0.3, -0.25) is 10.1 Å². The third-order valence-corrected chi connectivity index (χ3v) is 4.36. The molecule has 0 unspecified atom stereocenters. The van der Waals surface area contributed by atoms with Crippen LogP contribution in [0.2, 0.25) is 5.02 Å². The van der Waals surface area contributed by atoms with Gasteiger partial charge < -0.3 is 5.32 Å². The average Bonchev–Trinajstić information content (AvgIpc) is 3.19. The van der Waals surface area contributed by atoms with Crippen LogP contribution in [0.1, 0.15) is 25.7 Å². The van der Waals surface area contributed by atoms with Crippen molar-refractivity contribution >= 4 is 23.0 Å². The molecule has 3 rings (SSSR count). The standard InChI is InChI=1S/C13H15ClN2O2/c14-10-3-4-11(12(7-10)16(17)18)15-8-13(5-6-13)9-1-2-9/h3-4,7,9,15H,1-2,5-6,8H2. The molecule has 0 spiro atoms. The summed E-state index contributed by atoms with van der Waals surface area (Å²) in [5, 5.41) is 14.6. The number of hydrogen-bond acceptors (Lipinski definition) is 3. The summed E-state index contributed by atoms with van der Waals surface area (Å²) in [5.41, 5.74) is 1.07.